The van der Waals surface area contributed by atoms with Gasteiger partial charge in [0.05, 0.1) is 12.6 Å². The van der Waals surface area contributed by atoms with E-state index in [0.29, 0.717) is 5.02 Å². The first-order valence-corrected chi connectivity index (χ1v) is 7.94. The number of aliphatic hydroxyl groups excluding tert-OH is 1. The highest BCUT2D eigenvalue weighted by atomic mass is 35.5. The third-order valence-corrected chi connectivity index (χ3v) is 4.10. The molecule has 1 aromatic carbocycles. The number of carbonyl (C=O) groups excluding carboxylic acids is 1. The molecular formula is C13H18ClNO3S. The highest BCUT2D eigenvalue weighted by Crippen LogP contribution is 2.19. The molecule has 0 aliphatic carbocycles. The van der Waals surface area contributed by atoms with Crippen LogP contribution in [0.25, 0.3) is 0 Å². The van der Waals surface area contributed by atoms with E-state index >= 15 is 0 Å². The largest absolute Gasteiger partial charge is 0.395 e. The quantitative estimate of drug-likeness (QED) is 0.805. The third kappa shape index (κ3) is 5.72. The number of hydrogen-bond donors (Lipinski definition) is 2. The number of benzene rings is 1. The van der Waals surface area contributed by atoms with Crippen LogP contribution in [0.1, 0.15) is 24.9 Å². The van der Waals surface area contributed by atoms with Crippen molar-refractivity contribution < 1.29 is 14.1 Å². The van der Waals surface area contributed by atoms with E-state index in [9.17, 15) is 9.00 Å². The van der Waals surface area contributed by atoms with Gasteiger partial charge in [0, 0.05) is 21.6 Å². The monoisotopic (exact) mass is 303 g/mol. The molecule has 1 aromatic rings. The average Bonchev–Trinajstić information content (AvgIpc) is 2.37. The van der Waals surface area contributed by atoms with Crippen molar-refractivity contribution in [2.24, 2.45) is 0 Å². The number of aliphatic hydroxyl groups is 1. The molecule has 0 saturated carbocycles. The Bertz CT molecular complexity index is 436. The summed E-state index contributed by atoms with van der Waals surface area (Å²) in [5.41, 5.74) is 0.966. The summed E-state index contributed by atoms with van der Waals surface area (Å²) in [6.07, 6.45) is 0.736. The highest BCUT2D eigenvalue weighted by molar-refractivity contribution is 7.85. The Labute approximate surface area is 120 Å². The predicted molar refractivity (Wildman–Crippen MR) is 77.6 cm³/mol. The van der Waals surface area contributed by atoms with Gasteiger partial charge < -0.3 is 10.4 Å². The Kier molecular flexibility index (Phi) is 7.05. The van der Waals surface area contributed by atoms with Gasteiger partial charge in [-0.25, -0.2) is 0 Å². The fourth-order valence-corrected chi connectivity index (χ4v) is 2.52. The van der Waals surface area contributed by atoms with Crippen LogP contribution in [0.4, 0.5) is 0 Å². The maximum absolute atomic E-state index is 11.7. The van der Waals surface area contributed by atoms with Crippen LogP contribution in [0.5, 0.6) is 0 Å². The van der Waals surface area contributed by atoms with Gasteiger partial charge in [-0.15, -0.1) is 0 Å². The minimum atomic E-state index is -1.31. The molecule has 0 fully saturated rings. The Balaban J connectivity index is 2.59. The van der Waals surface area contributed by atoms with E-state index in [4.69, 9.17) is 16.7 Å². The van der Waals surface area contributed by atoms with Gasteiger partial charge in [0.1, 0.15) is 5.75 Å². The minimum Gasteiger partial charge on any atom is -0.395 e. The SMILES string of the molecule is CC[C@@H](NC(=O)C[S@@](=O)CCO)c1ccc(Cl)cc1. The summed E-state index contributed by atoms with van der Waals surface area (Å²) in [7, 11) is -1.31. The molecule has 19 heavy (non-hydrogen) atoms. The van der Waals surface area contributed by atoms with Gasteiger partial charge in [0.25, 0.3) is 0 Å². The minimum absolute atomic E-state index is 0.0787. The van der Waals surface area contributed by atoms with Crippen molar-refractivity contribution in [2.75, 3.05) is 18.1 Å². The molecule has 0 aliphatic heterocycles. The summed E-state index contributed by atoms with van der Waals surface area (Å²) >= 11 is 5.82. The number of hydrogen-bond acceptors (Lipinski definition) is 3. The van der Waals surface area contributed by atoms with E-state index in [1.54, 1.807) is 12.1 Å². The molecule has 4 nitrogen and oxygen atoms in total. The molecule has 0 heterocycles. The highest BCUT2D eigenvalue weighted by Gasteiger charge is 2.14. The van der Waals surface area contributed by atoms with Crippen molar-refractivity contribution >= 4 is 28.3 Å². The Morgan fingerprint density at radius 2 is 2.05 bits per heavy atom. The topological polar surface area (TPSA) is 66.4 Å². The zero-order valence-corrected chi connectivity index (χ0v) is 12.3. The second-order valence-electron chi connectivity index (χ2n) is 4.09. The van der Waals surface area contributed by atoms with E-state index in [1.165, 1.54) is 0 Å². The number of amides is 1. The van der Waals surface area contributed by atoms with Crippen molar-refractivity contribution in [1.29, 1.82) is 0 Å². The van der Waals surface area contributed by atoms with Gasteiger partial charge in [0.15, 0.2) is 0 Å². The molecule has 0 radical (unpaired) electrons. The molecule has 0 unspecified atom stereocenters. The Hall–Kier alpha value is -0.910. The van der Waals surface area contributed by atoms with Crippen molar-refractivity contribution in [3.05, 3.63) is 34.9 Å². The lowest BCUT2D eigenvalue weighted by Gasteiger charge is -2.17. The van der Waals surface area contributed by atoms with Gasteiger partial charge in [-0.2, -0.15) is 0 Å². The van der Waals surface area contributed by atoms with Crippen molar-refractivity contribution in [3.63, 3.8) is 0 Å². The molecule has 2 N–H and O–H groups in total. The standard InChI is InChI=1S/C13H18ClNO3S/c1-2-12(10-3-5-11(14)6-4-10)15-13(17)9-19(18)8-7-16/h3-6,12,16H,2,7-9H2,1H3,(H,15,17)/t12-,19+/m1/s1. The molecule has 1 amide bonds. The lowest BCUT2D eigenvalue weighted by Crippen LogP contribution is -2.32. The maximum atomic E-state index is 11.7. The van der Waals surface area contributed by atoms with Crippen LogP contribution < -0.4 is 5.32 Å². The van der Waals surface area contributed by atoms with E-state index in [1.807, 2.05) is 19.1 Å². The van der Waals surface area contributed by atoms with Crippen LogP contribution in [-0.2, 0) is 15.6 Å². The molecule has 2 atom stereocenters. The van der Waals surface area contributed by atoms with Gasteiger partial charge in [-0.3, -0.25) is 9.00 Å². The lowest BCUT2D eigenvalue weighted by molar-refractivity contribution is -0.119. The van der Waals surface area contributed by atoms with Crippen LogP contribution >= 0.6 is 11.6 Å². The lowest BCUT2D eigenvalue weighted by atomic mass is 10.0. The number of carbonyl (C=O) groups is 1. The summed E-state index contributed by atoms with van der Waals surface area (Å²) in [6.45, 7) is 1.79. The molecule has 0 spiro atoms. The zero-order chi connectivity index (χ0) is 14.3. The van der Waals surface area contributed by atoms with E-state index in [2.05, 4.69) is 5.32 Å². The molecule has 0 aliphatic rings. The fourth-order valence-electron chi connectivity index (χ4n) is 1.67. The van der Waals surface area contributed by atoms with Gasteiger partial charge >= 0.3 is 0 Å². The molecule has 0 aromatic heterocycles. The summed E-state index contributed by atoms with van der Waals surface area (Å²) in [5.74, 6) is -0.218. The third-order valence-electron chi connectivity index (χ3n) is 2.63. The number of rotatable bonds is 7. The average molecular weight is 304 g/mol. The van der Waals surface area contributed by atoms with Crippen molar-refractivity contribution in [3.8, 4) is 0 Å². The first-order valence-electron chi connectivity index (χ1n) is 6.07. The van der Waals surface area contributed by atoms with Crippen LogP contribution in [0, 0.1) is 0 Å². The van der Waals surface area contributed by atoms with Crippen LogP contribution in [0.15, 0.2) is 24.3 Å². The smallest absolute Gasteiger partial charge is 0.233 e. The van der Waals surface area contributed by atoms with Crippen molar-refractivity contribution in [2.45, 2.75) is 19.4 Å². The normalized spacial score (nSPS) is 13.8. The molecular weight excluding hydrogens is 286 g/mol. The summed E-state index contributed by atoms with van der Waals surface area (Å²) in [5, 5.41) is 12.1. The van der Waals surface area contributed by atoms with Crippen LogP contribution in [-0.4, -0.2) is 33.3 Å². The fraction of sp³-hybridized carbons (Fsp3) is 0.462. The zero-order valence-electron chi connectivity index (χ0n) is 10.8. The first kappa shape index (κ1) is 16.1. The van der Waals surface area contributed by atoms with Crippen LogP contribution in [0.2, 0.25) is 5.02 Å². The van der Waals surface area contributed by atoms with Gasteiger partial charge in [-0.1, -0.05) is 30.7 Å². The molecule has 6 heteroatoms. The molecule has 1 rings (SSSR count). The molecule has 0 bridgehead atoms. The molecule has 0 saturated heterocycles. The summed E-state index contributed by atoms with van der Waals surface area (Å²) in [6, 6.07) is 7.16. The van der Waals surface area contributed by atoms with Crippen molar-refractivity contribution in [1.82, 2.24) is 5.32 Å². The number of nitrogens with one attached hydrogen (secondary N) is 1. The van der Waals surface area contributed by atoms with E-state index in [-0.39, 0.29) is 30.1 Å². The Morgan fingerprint density at radius 1 is 1.42 bits per heavy atom. The van der Waals surface area contributed by atoms with Gasteiger partial charge in [0.2, 0.25) is 5.91 Å². The summed E-state index contributed by atoms with van der Waals surface area (Å²) in [4.78, 5) is 11.7. The second-order valence-corrected chi connectivity index (χ2v) is 6.10. The second kappa shape index (κ2) is 8.30. The van der Waals surface area contributed by atoms with Gasteiger partial charge in [-0.05, 0) is 24.1 Å². The summed E-state index contributed by atoms with van der Waals surface area (Å²) < 4.78 is 11.4. The van der Waals surface area contributed by atoms with E-state index < -0.39 is 10.8 Å². The predicted octanol–water partition coefficient (Wildman–Crippen LogP) is 1.65. The van der Waals surface area contributed by atoms with E-state index in [0.717, 1.165) is 12.0 Å². The number of halogens is 1. The first-order chi connectivity index (χ1) is 9.06. The molecule has 106 valence electrons. The Morgan fingerprint density at radius 3 is 2.58 bits per heavy atom. The van der Waals surface area contributed by atoms with Crippen LogP contribution in [0.3, 0.4) is 0 Å². The maximum Gasteiger partial charge on any atom is 0.233 e.